The molecule has 2 N–H and O–H groups in total. The third-order valence-electron chi connectivity index (χ3n) is 4.04. The van der Waals surface area contributed by atoms with Gasteiger partial charge in [0.05, 0.1) is 4.92 Å². The summed E-state index contributed by atoms with van der Waals surface area (Å²) in [6, 6.07) is 4.57. The SMILES string of the molecule is CCNc1cc(C(=O)NC(C)C2CCC2)ccc1[N+](=O)[O-]. The maximum absolute atomic E-state index is 12.2. The number of hydrogen-bond donors (Lipinski definition) is 2. The number of nitro groups is 1. The van der Waals surface area contributed by atoms with E-state index in [2.05, 4.69) is 10.6 Å². The largest absolute Gasteiger partial charge is 0.380 e. The number of anilines is 1. The molecule has 1 aliphatic carbocycles. The lowest BCUT2D eigenvalue weighted by Gasteiger charge is -2.31. The zero-order valence-electron chi connectivity index (χ0n) is 12.4. The molecule has 1 atom stereocenters. The second-order valence-corrected chi connectivity index (χ2v) is 5.47. The van der Waals surface area contributed by atoms with E-state index in [-0.39, 0.29) is 17.6 Å². The van der Waals surface area contributed by atoms with E-state index in [1.807, 2.05) is 13.8 Å². The summed E-state index contributed by atoms with van der Waals surface area (Å²) in [7, 11) is 0. The minimum atomic E-state index is -0.448. The Balaban J connectivity index is 2.13. The van der Waals surface area contributed by atoms with Gasteiger partial charge in [-0.15, -0.1) is 0 Å². The molecule has 0 spiro atoms. The fraction of sp³-hybridized carbons (Fsp3) is 0.533. The Morgan fingerprint density at radius 3 is 2.71 bits per heavy atom. The molecule has 0 aliphatic heterocycles. The van der Waals surface area contributed by atoms with Gasteiger partial charge in [0.25, 0.3) is 11.6 Å². The van der Waals surface area contributed by atoms with E-state index < -0.39 is 4.92 Å². The molecule has 1 aromatic carbocycles. The molecule has 114 valence electrons. The Bertz CT molecular complexity index is 541. The topological polar surface area (TPSA) is 84.3 Å². The van der Waals surface area contributed by atoms with Gasteiger partial charge >= 0.3 is 0 Å². The monoisotopic (exact) mass is 291 g/mol. The van der Waals surface area contributed by atoms with E-state index in [0.717, 1.165) is 12.8 Å². The van der Waals surface area contributed by atoms with Gasteiger partial charge in [-0.2, -0.15) is 0 Å². The van der Waals surface area contributed by atoms with Crippen molar-refractivity contribution in [1.29, 1.82) is 0 Å². The van der Waals surface area contributed by atoms with Crippen LogP contribution in [0.3, 0.4) is 0 Å². The number of carbonyl (C=O) groups excluding carboxylic acids is 1. The van der Waals surface area contributed by atoms with Crippen molar-refractivity contribution in [2.75, 3.05) is 11.9 Å². The van der Waals surface area contributed by atoms with E-state index in [0.29, 0.717) is 23.7 Å². The molecular weight excluding hydrogens is 270 g/mol. The number of nitrogens with zero attached hydrogens (tertiary/aromatic N) is 1. The van der Waals surface area contributed by atoms with E-state index in [1.165, 1.54) is 18.6 Å². The van der Waals surface area contributed by atoms with Gasteiger partial charge in [0, 0.05) is 24.2 Å². The molecule has 6 nitrogen and oxygen atoms in total. The average Bonchev–Trinajstić information content (AvgIpc) is 2.36. The van der Waals surface area contributed by atoms with Crippen molar-refractivity contribution in [3.8, 4) is 0 Å². The first-order valence-electron chi connectivity index (χ1n) is 7.36. The number of benzene rings is 1. The fourth-order valence-corrected chi connectivity index (χ4v) is 2.52. The summed E-state index contributed by atoms with van der Waals surface area (Å²) in [5.41, 5.74) is 0.814. The van der Waals surface area contributed by atoms with E-state index in [4.69, 9.17) is 0 Å². The highest BCUT2D eigenvalue weighted by atomic mass is 16.6. The van der Waals surface area contributed by atoms with Crippen molar-refractivity contribution in [3.63, 3.8) is 0 Å². The minimum absolute atomic E-state index is 0.0135. The zero-order chi connectivity index (χ0) is 15.4. The van der Waals surface area contributed by atoms with E-state index in [1.54, 1.807) is 6.07 Å². The molecule has 0 radical (unpaired) electrons. The molecule has 1 aliphatic rings. The molecule has 1 unspecified atom stereocenters. The van der Waals surface area contributed by atoms with Crippen LogP contribution in [0.2, 0.25) is 0 Å². The summed E-state index contributed by atoms with van der Waals surface area (Å²) in [6.45, 7) is 4.43. The van der Waals surface area contributed by atoms with Crippen molar-refractivity contribution in [2.45, 2.75) is 39.2 Å². The van der Waals surface area contributed by atoms with Crippen LogP contribution in [0.5, 0.6) is 0 Å². The molecule has 0 saturated heterocycles. The smallest absolute Gasteiger partial charge is 0.292 e. The second-order valence-electron chi connectivity index (χ2n) is 5.47. The summed E-state index contributed by atoms with van der Waals surface area (Å²) < 4.78 is 0. The van der Waals surface area contributed by atoms with Gasteiger partial charge in [0.2, 0.25) is 0 Å². The van der Waals surface area contributed by atoms with Crippen molar-refractivity contribution in [1.82, 2.24) is 5.32 Å². The van der Waals surface area contributed by atoms with Crippen LogP contribution >= 0.6 is 0 Å². The van der Waals surface area contributed by atoms with Crippen LogP contribution in [0.15, 0.2) is 18.2 Å². The van der Waals surface area contributed by atoms with Crippen molar-refractivity contribution >= 4 is 17.3 Å². The highest BCUT2D eigenvalue weighted by molar-refractivity contribution is 5.96. The van der Waals surface area contributed by atoms with Gasteiger partial charge < -0.3 is 10.6 Å². The normalized spacial score (nSPS) is 15.9. The molecular formula is C15H21N3O3. The summed E-state index contributed by atoms with van der Waals surface area (Å²) >= 11 is 0. The predicted octanol–water partition coefficient (Wildman–Crippen LogP) is 2.95. The maximum atomic E-state index is 12.2. The van der Waals surface area contributed by atoms with Crippen molar-refractivity contribution < 1.29 is 9.72 Å². The van der Waals surface area contributed by atoms with E-state index >= 15 is 0 Å². The third-order valence-corrected chi connectivity index (χ3v) is 4.04. The lowest BCUT2D eigenvalue weighted by molar-refractivity contribution is -0.384. The molecule has 0 heterocycles. The highest BCUT2D eigenvalue weighted by Crippen LogP contribution is 2.30. The van der Waals surface area contributed by atoms with Crippen molar-refractivity contribution in [2.24, 2.45) is 5.92 Å². The van der Waals surface area contributed by atoms with Gasteiger partial charge in [0.15, 0.2) is 0 Å². The van der Waals surface area contributed by atoms with Crippen LogP contribution in [0, 0.1) is 16.0 Å². The lowest BCUT2D eigenvalue weighted by Crippen LogP contribution is -2.40. The van der Waals surface area contributed by atoms with Crippen LogP contribution in [0.25, 0.3) is 0 Å². The van der Waals surface area contributed by atoms with E-state index in [9.17, 15) is 14.9 Å². The minimum Gasteiger partial charge on any atom is -0.380 e. The first kappa shape index (κ1) is 15.3. The first-order chi connectivity index (χ1) is 10.0. The number of nitrogens with one attached hydrogen (secondary N) is 2. The molecule has 1 amide bonds. The quantitative estimate of drug-likeness (QED) is 0.623. The first-order valence-corrected chi connectivity index (χ1v) is 7.36. The Labute approximate surface area is 124 Å². The van der Waals surface area contributed by atoms with Gasteiger partial charge in [-0.25, -0.2) is 0 Å². The molecule has 0 bridgehead atoms. The molecule has 1 fully saturated rings. The number of nitro benzene ring substituents is 1. The van der Waals surface area contributed by atoms with Gasteiger partial charge in [-0.3, -0.25) is 14.9 Å². The fourth-order valence-electron chi connectivity index (χ4n) is 2.52. The lowest BCUT2D eigenvalue weighted by atomic mass is 9.80. The number of carbonyl (C=O) groups is 1. The maximum Gasteiger partial charge on any atom is 0.292 e. The standard InChI is InChI=1S/C15H21N3O3/c1-3-16-13-9-12(7-8-14(13)18(20)21)15(19)17-10(2)11-5-4-6-11/h7-11,16H,3-6H2,1-2H3,(H,17,19). The summed E-state index contributed by atoms with van der Waals surface area (Å²) in [4.78, 5) is 22.7. The molecule has 1 aromatic rings. The second kappa shape index (κ2) is 6.56. The van der Waals surface area contributed by atoms with Crippen LogP contribution in [-0.2, 0) is 0 Å². The summed E-state index contributed by atoms with van der Waals surface area (Å²) in [5, 5.41) is 16.9. The number of hydrogen-bond acceptors (Lipinski definition) is 4. The van der Waals surface area contributed by atoms with Crippen LogP contribution in [-0.4, -0.2) is 23.4 Å². The van der Waals surface area contributed by atoms with Crippen LogP contribution in [0.1, 0.15) is 43.5 Å². The van der Waals surface area contributed by atoms with Gasteiger partial charge in [-0.1, -0.05) is 6.42 Å². The van der Waals surface area contributed by atoms with Crippen LogP contribution < -0.4 is 10.6 Å². The third kappa shape index (κ3) is 3.51. The summed E-state index contributed by atoms with van der Waals surface area (Å²) in [5.74, 6) is 0.378. The Kier molecular flexibility index (Phi) is 4.77. The Morgan fingerprint density at radius 1 is 1.48 bits per heavy atom. The Morgan fingerprint density at radius 2 is 2.19 bits per heavy atom. The highest BCUT2D eigenvalue weighted by Gasteiger charge is 2.25. The molecule has 1 saturated carbocycles. The molecule has 6 heteroatoms. The van der Waals surface area contributed by atoms with Gasteiger partial charge in [-0.05, 0) is 44.7 Å². The average molecular weight is 291 g/mol. The number of rotatable bonds is 6. The summed E-state index contributed by atoms with van der Waals surface area (Å²) in [6.07, 6.45) is 3.54. The van der Waals surface area contributed by atoms with Gasteiger partial charge in [0.1, 0.15) is 5.69 Å². The predicted molar refractivity (Wildman–Crippen MR) is 81.5 cm³/mol. The Hall–Kier alpha value is -2.11. The van der Waals surface area contributed by atoms with Crippen molar-refractivity contribution in [3.05, 3.63) is 33.9 Å². The molecule has 2 rings (SSSR count). The molecule has 0 aromatic heterocycles. The number of amides is 1. The zero-order valence-corrected chi connectivity index (χ0v) is 12.4. The molecule has 21 heavy (non-hydrogen) atoms. The van der Waals surface area contributed by atoms with Crippen LogP contribution in [0.4, 0.5) is 11.4 Å².